The zero-order valence-corrected chi connectivity index (χ0v) is 36.9. The van der Waals surface area contributed by atoms with Gasteiger partial charge in [0, 0.05) is 37.3 Å². The number of nitrogens with one attached hydrogen (secondary N) is 4. The van der Waals surface area contributed by atoms with Crippen molar-refractivity contribution in [2.75, 3.05) is 28.4 Å². The number of hydrogen-bond donors (Lipinski definition) is 4. The summed E-state index contributed by atoms with van der Waals surface area (Å²) in [6, 6.07) is 11.9. The van der Waals surface area contributed by atoms with Gasteiger partial charge in [0.15, 0.2) is 0 Å². The molecule has 0 radical (unpaired) electrons. The number of alkyl carbamates (subject to hydrolysis) is 2. The van der Waals surface area contributed by atoms with Crippen LogP contribution in [-0.2, 0) is 35.1 Å². The van der Waals surface area contributed by atoms with Crippen molar-refractivity contribution in [3.8, 4) is 28.1 Å². The van der Waals surface area contributed by atoms with Gasteiger partial charge in [0.1, 0.15) is 36.1 Å². The average Bonchev–Trinajstić information content (AvgIpc) is 4.13. The van der Waals surface area contributed by atoms with Crippen molar-refractivity contribution < 1.29 is 42.9 Å². The lowest BCUT2D eigenvalue weighted by atomic mass is 9.92. The first-order chi connectivity index (χ1) is 30.4. The molecule has 3 aromatic carbocycles. The summed E-state index contributed by atoms with van der Waals surface area (Å²) < 4.78 is 27.0. The van der Waals surface area contributed by atoms with E-state index < -0.39 is 36.5 Å². The van der Waals surface area contributed by atoms with E-state index in [-0.39, 0.29) is 36.0 Å². The van der Waals surface area contributed by atoms with Gasteiger partial charge in [-0.2, -0.15) is 0 Å². The first-order valence-electron chi connectivity index (χ1n) is 21.6. The smallest absolute Gasteiger partial charge is 0.407 e. The van der Waals surface area contributed by atoms with Gasteiger partial charge in [0.2, 0.25) is 11.8 Å². The van der Waals surface area contributed by atoms with Gasteiger partial charge in [0.25, 0.3) is 0 Å². The Morgan fingerprint density at radius 1 is 0.810 bits per heavy atom. The number of rotatable bonds is 12. The fourth-order valence-corrected chi connectivity index (χ4v) is 9.52. The van der Waals surface area contributed by atoms with Crippen LogP contribution in [0.5, 0.6) is 5.75 Å². The molecule has 8 atom stereocenters. The zero-order valence-electron chi connectivity index (χ0n) is 36.9. The Hall–Kier alpha value is -6.20. The summed E-state index contributed by atoms with van der Waals surface area (Å²) in [5.74, 6) is 1.60. The molecular weight excluding hydrogens is 809 g/mol. The van der Waals surface area contributed by atoms with Crippen LogP contribution < -0.4 is 15.4 Å². The van der Waals surface area contributed by atoms with Crippen molar-refractivity contribution in [1.29, 1.82) is 0 Å². The quantitative estimate of drug-likeness (QED) is 0.104. The van der Waals surface area contributed by atoms with E-state index >= 15 is 0 Å². The average molecular weight is 865 g/mol. The third-order valence-corrected chi connectivity index (χ3v) is 13.2. The first-order valence-corrected chi connectivity index (χ1v) is 21.6. The van der Waals surface area contributed by atoms with Crippen molar-refractivity contribution in [3.63, 3.8) is 0 Å². The third-order valence-electron chi connectivity index (χ3n) is 13.2. The van der Waals surface area contributed by atoms with Crippen LogP contribution >= 0.6 is 0 Å². The molecule has 4 amide bonds. The van der Waals surface area contributed by atoms with Crippen LogP contribution in [0, 0.1) is 0 Å². The number of carbonyl (C=O) groups is 4. The van der Waals surface area contributed by atoms with Crippen LogP contribution in [0.1, 0.15) is 89.1 Å². The standard InChI is InChI=1S/C46H56N8O9/c1-9-29-13-17-35(54(29)44(56)39(25(4)60-6)52-46(58)62-8)41-47-21-34(49-41)27-11-14-30-28(18-27)22-63-37-20-31-26(19-32(30)37)12-15-33-40(31)50-42(48-33)36-16-10-23(2)53(36)43(55)38(24(3)59-5)51-45(57)61-7/h11-12,14-15,18-21,23-25,29,35-36,38-39H,9-10,13,16-17,22H2,1-8H3,(H,47,49)(H,48,50)(H,51,57)(H,52,58)/t23-,24?,25?,29-,35-,36-,38?,39?/m0/s1. The van der Waals surface area contributed by atoms with E-state index in [4.69, 9.17) is 33.7 Å². The van der Waals surface area contributed by atoms with Crippen LogP contribution in [0.3, 0.4) is 0 Å². The highest BCUT2D eigenvalue weighted by Gasteiger charge is 2.44. The van der Waals surface area contributed by atoms with Crippen LogP contribution in [0.4, 0.5) is 9.59 Å². The molecular formula is C46H56N8O9. The number of methoxy groups -OCH3 is 4. The first kappa shape index (κ1) is 43.4. The van der Waals surface area contributed by atoms with Gasteiger partial charge in [-0.3, -0.25) is 9.59 Å². The molecule has 3 aliphatic rings. The molecule has 4 unspecified atom stereocenters. The highest BCUT2D eigenvalue weighted by molar-refractivity contribution is 6.07. The Balaban J connectivity index is 1.05. The number of likely N-dealkylation sites (tertiary alicyclic amines) is 2. The number of nitrogens with zero attached hydrogens (tertiary/aromatic N) is 4. The van der Waals surface area contributed by atoms with E-state index in [1.54, 1.807) is 24.9 Å². The Labute approximate surface area is 365 Å². The number of benzene rings is 3. The number of ether oxygens (including phenoxy) is 5. The van der Waals surface area contributed by atoms with Crippen molar-refractivity contribution in [3.05, 3.63) is 65.9 Å². The molecule has 17 nitrogen and oxygen atoms in total. The van der Waals surface area contributed by atoms with Crippen LogP contribution in [-0.4, -0.2) is 119 Å². The van der Waals surface area contributed by atoms with Gasteiger partial charge in [-0.05, 0) is 99.2 Å². The predicted molar refractivity (Wildman–Crippen MR) is 234 cm³/mol. The molecule has 2 saturated heterocycles. The van der Waals surface area contributed by atoms with E-state index in [2.05, 4.69) is 63.9 Å². The number of aromatic amines is 2. The Bertz CT molecular complexity index is 2540. The van der Waals surface area contributed by atoms with Gasteiger partial charge < -0.3 is 54.1 Å². The summed E-state index contributed by atoms with van der Waals surface area (Å²) >= 11 is 0. The molecule has 3 aliphatic heterocycles. The Morgan fingerprint density at radius 3 is 2.14 bits per heavy atom. The Kier molecular flexibility index (Phi) is 12.3. The summed E-state index contributed by atoms with van der Waals surface area (Å²) in [6.07, 6.45) is 2.99. The van der Waals surface area contributed by atoms with E-state index in [9.17, 15) is 19.2 Å². The second kappa shape index (κ2) is 17.9. The van der Waals surface area contributed by atoms with E-state index in [1.165, 1.54) is 28.4 Å². The summed E-state index contributed by atoms with van der Waals surface area (Å²) in [5, 5.41) is 7.29. The van der Waals surface area contributed by atoms with Crippen molar-refractivity contribution in [2.24, 2.45) is 0 Å². The lowest BCUT2D eigenvalue weighted by Gasteiger charge is -2.34. The fourth-order valence-electron chi connectivity index (χ4n) is 9.52. The summed E-state index contributed by atoms with van der Waals surface area (Å²) in [5.41, 5.74) is 6.44. The van der Waals surface area contributed by atoms with Crippen LogP contribution in [0.15, 0.2) is 48.7 Å². The van der Waals surface area contributed by atoms with Gasteiger partial charge in [-0.15, -0.1) is 0 Å². The molecule has 2 fully saturated rings. The van der Waals surface area contributed by atoms with Crippen molar-refractivity contribution >= 4 is 45.8 Å². The molecule has 0 spiro atoms. The number of carbonyl (C=O) groups excluding carboxylic acids is 4. The van der Waals surface area contributed by atoms with Crippen molar-refractivity contribution in [1.82, 2.24) is 40.4 Å². The molecule has 63 heavy (non-hydrogen) atoms. The fraction of sp³-hybridized carbons (Fsp3) is 0.478. The molecule has 5 aromatic rings. The number of imidazole rings is 2. The molecule has 0 aliphatic carbocycles. The molecule has 17 heteroatoms. The molecule has 5 heterocycles. The second-order valence-electron chi connectivity index (χ2n) is 16.7. The topological polar surface area (TPSA) is 202 Å². The van der Waals surface area contributed by atoms with E-state index in [0.29, 0.717) is 24.7 Å². The van der Waals surface area contributed by atoms with Crippen molar-refractivity contribution in [2.45, 2.75) is 115 Å². The molecule has 2 aromatic heterocycles. The van der Waals surface area contributed by atoms with Gasteiger partial charge >= 0.3 is 12.2 Å². The molecule has 0 bridgehead atoms. The van der Waals surface area contributed by atoms with Gasteiger partial charge in [0.05, 0.1) is 61.4 Å². The number of fused-ring (bicyclic) bond motifs is 6. The summed E-state index contributed by atoms with van der Waals surface area (Å²) in [4.78, 5) is 73.1. The SMILES string of the molecule is CC[C@H]1CC[C@@H](c2ncc(-c3ccc4c(c3)COc3cc5c(ccc6nc([C@@H]7CC[C@H](C)N7C(=O)C(NC(=O)OC)C(C)OC)[nH]c65)cc3-4)[nH]2)N1C(=O)C(NC(=O)OC)C(C)OC. The maximum absolute atomic E-state index is 14.1. The summed E-state index contributed by atoms with van der Waals surface area (Å²) in [7, 11) is 5.54. The minimum Gasteiger partial charge on any atom is -0.488 e. The maximum atomic E-state index is 14.1. The highest BCUT2D eigenvalue weighted by Crippen LogP contribution is 2.44. The van der Waals surface area contributed by atoms with Crippen LogP contribution in [0.2, 0.25) is 0 Å². The number of amides is 4. The number of aromatic nitrogens is 4. The predicted octanol–water partition coefficient (Wildman–Crippen LogP) is 6.68. The minimum absolute atomic E-state index is 0.0239. The van der Waals surface area contributed by atoms with E-state index in [1.807, 2.05) is 17.9 Å². The zero-order chi connectivity index (χ0) is 44.7. The van der Waals surface area contributed by atoms with Gasteiger partial charge in [-0.25, -0.2) is 19.6 Å². The second-order valence-corrected chi connectivity index (χ2v) is 16.7. The minimum atomic E-state index is -0.938. The van der Waals surface area contributed by atoms with Gasteiger partial charge in [-0.1, -0.05) is 25.1 Å². The normalized spacial score (nSPS) is 21.3. The molecule has 8 rings (SSSR count). The molecule has 334 valence electrons. The molecule has 0 saturated carbocycles. The molecule has 4 N–H and O–H groups in total. The highest BCUT2D eigenvalue weighted by atomic mass is 16.5. The number of hydrogen-bond acceptors (Lipinski definition) is 11. The maximum Gasteiger partial charge on any atom is 0.407 e. The summed E-state index contributed by atoms with van der Waals surface area (Å²) in [6.45, 7) is 7.91. The van der Waals surface area contributed by atoms with E-state index in [0.717, 1.165) is 81.2 Å². The number of H-pyrrole nitrogens is 2. The monoisotopic (exact) mass is 864 g/mol. The van der Waals surface area contributed by atoms with Crippen LogP contribution in [0.25, 0.3) is 44.2 Å². The lowest BCUT2D eigenvalue weighted by molar-refractivity contribution is -0.140. The largest absolute Gasteiger partial charge is 0.488 e. The third kappa shape index (κ3) is 8.03. The Morgan fingerprint density at radius 2 is 1.48 bits per heavy atom. The lowest BCUT2D eigenvalue weighted by Crippen LogP contribution is -2.55.